The van der Waals surface area contributed by atoms with Crippen LogP contribution in [0.4, 0.5) is 0 Å². The lowest BCUT2D eigenvalue weighted by Gasteiger charge is -2.12. The van der Waals surface area contributed by atoms with Gasteiger partial charge in [0.1, 0.15) is 5.76 Å². The van der Waals surface area contributed by atoms with Crippen molar-refractivity contribution >= 4 is 58.3 Å². The van der Waals surface area contributed by atoms with Crippen LogP contribution in [0.5, 0.6) is 0 Å². The van der Waals surface area contributed by atoms with Gasteiger partial charge in [-0.15, -0.1) is 5.10 Å². The molecule has 0 spiro atoms. The summed E-state index contributed by atoms with van der Waals surface area (Å²) in [5, 5.41) is 9.72. The van der Waals surface area contributed by atoms with Crippen LogP contribution in [0.3, 0.4) is 0 Å². The Bertz CT molecular complexity index is 1200. The Labute approximate surface area is 194 Å². The molecule has 0 unspecified atom stereocenters. The van der Waals surface area contributed by atoms with Crippen molar-refractivity contribution in [2.45, 2.75) is 13.5 Å². The second kappa shape index (κ2) is 9.56. The van der Waals surface area contributed by atoms with Crippen molar-refractivity contribution in [1.29, 1.82) is 0 Å². The lowest BCUT2D eigenvalue weighted by molar-refractivity contribution is -0.122. The molecular weight excluding hydrogens is 453 g/mol. The third-order valence-electron chi connectivity index (χ3n) is 4.58. The molecule has 5 nitrogen and oxygen atoms in total. The van der Waals surface area contributed by atoms with Crippen LogP contribution in [0, 0.1) is 6.92 Å². The highest BCUT2D eigenvalue weighted by Crippen LogP contribution is 2.34. The van der Waals surface area contributed by atoms with Crippen molar-refractivity contribution in [3.05, 3.63) is 98.3 Å². The quantitative estimate of drug-likeness (QED) is 0.246. The minimum Gasteiger partial charge on any atom is -0.467 e. The number of amides is 1. The maximum Gasteiger partial charge on any atom is 0.267 e. The van der Waals surface area contributed by atoms with Gasteiger partial charge in [-0.1, -0.05) is 59.6 Å². The van der Waals surface area contributed by atoms with E-state index in [1.165, 1.54) is 18.0 Å². The summed E-state index contributed by atoms with van der Waals surface area (Å²) in [7, 11) is 0. The molecule has 1 amide bonds. The SMILES string of the molecule is Cc1ccccc1/C=C1\S/C(=N\N=C\c2cccc(Cl)c2Cl)N(Cc2ccco2)C1=O. The van der Waals surface area contributed by atoms with E-state index in [2.05, 4.69) is 10.2 Å². The second-order valence-electron chi connectivity index (χ2n) is 6.71. The number of amidine groups is 1. The highest BCUT2D eigenvalue weighted by Gasteiger charge is 2.34. The van der Waals surface area contributed by atoms with E-state index < -0.39 is 0 Å². The van der Waals surface area contributed by atoms with Gasteiger partial charge in [0.15, 0.2) is 5.17 Å². The average Bonchev–Trinajstić information content (AvgIpc) is 3.37. The lowest BCUT2D eigenvalue weighted by atomic mass is 10.1. The van der Waals surface area contributed by atoms with E-state index in [1.807, 2.05) is 43.3 Å². The van der Waals surface area contributed by atoms with E-state index >= 15 is 0 Å². The number of carbonyl (C=O) groups is 1. The van der Waals surface area contributed by atoms with Crippen molar-refractivity contribution in [3.63, 3.8) is 0 Å². The standard InChI is InChI=1S/C23H17Cl2N3O2S/c1-15-6-2-3-7-16(15)12-20-22(29)28(14-18-9-5-11-30-18)23(31-20)27-26-13-17-8-4-10-19(24)21(17)25/h2-13H,14H2,1H3/b20-12-,26-13+,27-23-. The van der Waals surface area contributed by atoms with E-state index in [1.54, 1.807) is 35.4 Å². The van der Waals surface area contributed by atoms with Crippen molar-refractivity contribution in [3.8, 4) is 0 Å². The van der Waals surface area contributed by atoms with Crippen LogP contribution in [0.2, 0.25) is 10.0 Å². The largest absolute Gasteiger partial charge is 0.467 e. The fraction of sp³-hybridized carbons (Fsp3) is 0.0870. The van der Waals surface area contributed by atoms with Crippen LogP contribution in [-0.4, -0.2) is 22.2 Å². The zero-order valence-electron chi connectivity index (χ0n) is 16.5. The Morgan fingerprint density at radius 2 is 1.87 bits per heavy atom. The molecule has 3 aromatic rings. The van der Waals surface area contributed by atoms with Gasteiger partial charge in [0, 0.05) is 5.56 Å². The lowest BCUT2D eigenvalue weighted by Crippen LogP contribution is -2.28. The smallest absolute Gasteiger partial charge is 0.267 e. The van der Waals surface area contributed by atoms with Gasteiger partial charge in [-0.3, -0.25) is 9.69 Å². The van der Waals surface area contributed by atoms with Gasteiger partial charge < -0.3 is 4.42 Å². The van der Waals surface area contributed by atoms with Crippen LogP contribution in [0.1, 0.15) is 22.5 Å². The third kappa shape index (κ3) is 4.93. The minimum absolute atomic E-state index is 0.153. The van der Waals surface area contributed by atoms with Crippen LogP contribution in [0.15, 0.2) is 80.4 Å². The van der Waals surface area contributed by atoms with Gasteiger partial charge in [-0.25, -0.2) is 0 Å². The molecule has 0 atom stereocenters. The van der Waals surface area contributed by atoms with E-state index in [0.29, 0.717) is 31.4 Å². The van der Waals surface area contributed by atoms with E-state index in [4.69, 9.17) is 27.6 Å². The minimum atomic E-state index is -0.153. The molecule has 2 aromatic carbocycles. The van der Waals surface area contributed by atoms with Crippen LogP contribution in [-0.2, 0) is 11.3 Å². The molecule has 0 saturated carbocycles. The van der Waals surface area contributed by atoms with E-state index in [-0.39, 0.29) is 12.5 Å². The van der Waals surface area contributed by atoms with Gasteiger partial charge in [0.2, 0.25) is 0 Å². The molecule has 0 aliphatic carbocycles. The van der Waals surface area contributed by atoms with Crippen molar-refractivity contribution in [2.24, 2.45) is 10.2 Å². The number of nitrogens with zero attached hydrogens (tertiary/aromatic N) is 3. The molecule has 1 fully saturated rings. The summed E-state index contributed by atoms with van der Waals surface area (Å²) in [6.07, 6.45) is 4.96. The van der Waals surface area contributed by atoms with Crippen LogP contribution >= 0.6 is 35.0 Å². The third-order valence-corrected chi connectivity index (χ3v) is 6.41. The van der Waals surface area contributed by atoms with Crippen LogP contribution < -0.4 is 0 Å². The summed E-state index contributed by atoms with van der Waals surface area (Å²) < 4.78 is 5.42. The predicted molar refractivity (Wildman–Crippen MR) is 127 cm³/mol. The molecule has 1 aromatic heterocycles. The molecule has 1 aliphatic rings. The summed E-state index contributed by atoms with van der Waals surface area (Å²) in [6, 6.07) is 16.7. The van der Waals surface area contributed by atoms with E-state index in [0.717, 1.165) is 11.1 Å². The second-order valence-corrected chi connectivity index (χ2v) is 8.50. The van der Waals surface area contributed by atoms with Crippen molar-refractivity contribution < 1.29 is 9.21 Å². The molecule has 4 rings (SSSR count). The van der Waals surface area contributed by atoms with Gasteiger partial charge in [0.25, 0.3) is 5.91 Å². The number of hydrogen-bond donors (Lipinski definition) is 0. The molecule has 2 heterocycles. The molecule has 0 bridgehead atoms. The Morgan fingerprint density at radius 3 is 2.65 bits per heavy atom. The highest BCUT2D eigenvalue weighted by atomic mass is 35.5. The molecule has 0 N–H and O–H groups in total. The van der Waals surface area contributed by atoms with Crippen molar-refractivity contribution in [2.75, 3.05) is 0 Å². The summed E-state index contributed by atoms with van der Waals surface area (Å²) in [5.74, 6) is 0.500. The number of halogens is 2. The Kier molecular flexibility index (Phi) is 6.61. The number of thioether (sulfide) groups is 1. The average molecular weight is 470 g/mol. The molecule has 1 saturated heterocycles. The first-order valence-electron chi connectivity index (χ1n) is 9.37. The molecule has 1 aliphatic heterocycles. The fourth-order valence-corrected chi connectivity index (χ4v) is 4.21. The van der Waals surface area contributed by atoms with Gasteiger partial charge in [-0.05, 0) is 54.1 Å². The molecular formula is C23H17Cl2N3O2S. The molecule has 8 heteroatoms. The zero-order valence-corrected chi connectivity index (χ0v) is 18.8. The van der Waals surface area contributed by atoms with E-state index in [9.17, 15) is 4.79 Å². The zero-order chi connectivity index (χ0) is 21.8. The summed E-state index contributed by atoms with van der Waals surface area (Å²) in [5.41, 5.74) is 2.70. The Balaban J connectivity index is 1.65. The first-order valence-corrected chi connectivity index (χ1v) is 10.9. The summed E-state index contributed by atoms with van der Waals surface area (Å²) >= 11 is 13.5. The Morgan fingerprint density at radius 1 is 1.06 bits per heavy atom. The van der Waals surface area contributed by atoms with Gasteiger partial charge in [0.05, 0.1) is 34.0 Å². The maximum atomic E-state index is 13.1. The number of benzene rings is 2. The fourth-order valence-electron chi connectivity index (χ4n) is 2.93. The number of furan rings is 1. The summed E-state index contributed by atoms with van der Waals surface area (Å²) in [6.45, 7) is 2.27. The first kappa shape index (κ1) is 21.4. The van der Waals surface area contributed by atoms with Gasteiger partial charge in [-0.2, -0.15) is 5.10 Å². The Hall–Kier alpha value is -2.80. The number of aryl methyl sites for hydroxylation is 1. The topological polar surface area (TPSA) is 58.2 Å². The maximum absolute atomic E-state index is 13.1. The molecule has 31 heavy (non-hydrogen) atoms. The first-order chi connectivity index (χ1) is 15.0. The van der Waals surface area contributed by atoms with Gasteiger partial charge >= 0.3 is 0 Å². The number of hydrogen-bond acceptors (Lipinski definition) is 5. The normalized spacial score (nSPS) is 16.9. The predicted octanol–water partition coefficient (Wildman–Crippen LogP) is 6.40. The number of rotatable bonds is 5. The van der Waals surface area contributed by atoms with Crippen LogP contribution in [0.25, 0.3) is 6.08 Å². The molecule has 156 valence electrons. The highest BCUT2D eigenvalue weighted by molar-refractivity contribution is 8.18. The monoisotopic (exact) mass is 469 g/mol. The number of carbonyl (C=O) groups excluding carboxylic acids is 1. The summed E-state index contributed by atoms with van der Waals surface area (Å²) in [4.78, 5) is 15.2. The molecule has 0 radical (unpaired) electrons. The van der Waals surface area contributed by atoms with Crippen molar-refractivity contribution in [1.82, 2.24) is 4.90 Å².